The molecule has 4 rings (SSSR count). The molecule has 28 heavy (non-hydrogen) atoms. The zero-order valence-electron chi connectivity index (χ0n) is 15.2. The van der Waals surface area contributed by atoms with Crippen molar-refractivity contribution in [2.75, 3.05) is 7.11 Å². The fraction of sp³-hybridized carbons (Fsp3) is 0.0909. The van der Waals surface area contributed by atoms with Crippen molar-refractivity contribution in [3.05, 3.63) is 90.2 Å². The molecule has 0 N–H and O–H groups in total. The molecule has 0 saturated carbocycles. The summed E-state index contributed by atoms with van der Waals surface area (Å²) in [5.74, 6) is 1.21. The van der Waals surface area contributed by atoms with Gasteiger partial charge in [0.05, 0.1) is 7.11 Å². The Morgan fingerprint density at radius 3 is 2.36 bits per heavy atom. The first kappa shape index (κ1) is 18.3. The number of ether oxygens (including phenoxy) is 1. The van der Waals surface area contributed by atoms with Crippen LogP contribution in [0.5, 0.6) is 5.75 Å². The Balaban J connectivity index is 1.70. The third kappa shape index (κ3) is 3.77. The summed E-state index contributed by atoms with van der Waals surface area (Å²) in [7, 11) is 1.65. The van der Waals surface area contributed by atoms with Crippen LogP contribution in [0.4, 0.5) is 4.39 Å². The highest BCUT2D eigenvalue weighted by Crippen LogP contribution is 2.34. The first-order valence-corrected chi connectivity index (χ1v) is 9.73. The second-order valence-electron chi connectivity index (χ2n) is 6.13. The Morgan fingerprint density at radius 1 is 0.929 bits per heavy atom. The third-order valence-electron chi connectivity index (χ3n) is 4.33. The van der Waals surface area contributed by atoms with Gasteiger partial charge in [-0.2, -0.15) is 4.09 Å². The molecule has 0 radical (unpaired) electrons. The summed E-state index contributed by atoms with van der Waals surface area (Å²) in [6, 6.07) is 24.3. The Hall–Kier alpha value is -3.12. The van der Waals surface area contributed by atoms with E-state index in [1.54, 1.807) is 29.4 Å². The van der Waals surface area contributed by atoms with Crippen molar-refractivity contribution in [1.29, 1.82) is 0 Å². The van der Waals surface area contributed by atoms with Crippen molar-refractivity contribution < 1.29 is 9.13 Å². The second-order valence-corrected chi connectivity index (χ2v) is 7.02. The molecule has 0 spiro atoms. The molecule has 0 fully saturated rings. The molecule has 3 aromatic carbocycles. The van der Waals surface area contributed by atoms with Crippen molar-refractivity contribution in [3.63, 3.8) is 0 Å². The zero-order valence-corrected chi connectivity index (χ0v) is 16.1. The van der Waals surface area contributed by atoms with Crippen molar-refractivity contribution in [3.8, 4) is 28.3 Å². The van der Waals surface area contributed by atoms with Gasteiger partial charge in [-0.15, -0.1) is 5.10 Å². The standard InChI is InChI=1S/C22H18FN3OS/c1-27-18-13-11-16(12-14-18)15-28-26-22(17-7-3-2-4-8-17)21(24-25-26)19-9-5-6-10-20(19)23/h2-14H,15H2,1H3. The molecule has 0 aliphatic carbocycles. The van der Waals surface area contributed by atoms with Crippen molar-refractivity contribution >= 4 is 11.9 Å². The monoisotopic (exact) mass is 391 g/mol. The molecule has 1 heterocycles. The number of hydrogen-bond acceptors (Lipinski definition) is 4. The molecule has 0 atom stereocenters. The van der Waals surface area contributed by atoms with E-state index in [1.807, 2.05) is 54.6 Å². The van der Waals surface area contributed by atoms with Crippen molar-refractivity contribution in [2.45, 2.75) is 5.75 Å². The molecule has 1 aromatic heterocycles. The number of nitrogens with zero attached hydrogens (tertiary/aromatic N) is 3. The number of benzene rings is 3. The quantitative estimate of drug-likeness (QED) is 0.438. The maximum atomic E-state index is 14.4. The van der Waals surface area contributed by atoms with Crippen LogP contribution in [-0.2, 0) is 5.75 Å². The molecule has 0 saturated heterocycles. The van der Waals surface area contributed by atoms with Crippen LogP contribution in [0.15, 0.2) is 78.9 Å². The minimum Gasteiger partial charge on any atom is -0.497 e. The first-order valence-electron chi connectivity index (χ1n) is 8.78. The predicted molar refractivity (Wildman–Crippen MR) is 111 cm³/mol. The molecule has 0 unspecified atom stereocenters. The third-order valence-corrected chi connectivity index (χ3v) is 5.29. The number of aromatic nitrogens is 3. The highest BCUT2D eigenvalue weighted by Gasteiger charge is 2.19. The minimum atomic E-state index is -0.313. The van der Waals surface area contributed by atoms with E-state index in [0.717, 1.165) is 22.6 Å². The molecule has 4 nitrogen and oxygen atoms in total. The van der Waals surface area contributed by atoms with Crippen LogP contribution in [-0.4, -0.2) is 21.5 Å². The lowest BCUT2D eigenvalue weighted by Gasteiger charge is -2.09. The number of hydrogen-bond donors (Lipinski definition) is 0. The predicted octanol–water partition coefficient (Wildman–Crippen LogP) is 5.46. The molecule has 0 aliphatic heterocycles. The van der Waals surface area contributed by atoms with Gasteiger partial charge in [-0.3, -0.25) is 0 Å². The van der Waals surface area contributed by atoms with Crippen LogP contribution in [0.25, 0.3) is 22.5 Å². The lowest BCUT2D eigenvalue weighted by atomic mass is 10.0. The average molecular weight is 391 g/mol. The van der Waals surface area contributed by atoms with Crippen LogP contribution in [0, 0.1) is 5.82 Å². The topological polar surface area (TPSA) is 39.9 Å². The number of halogens is 1. The van der Waals surface area contributed by atoms with Gasteiger partial charge >= 0.3 is 0 Å². The van der Waals surface area contributed by atoms with E-state index in [0.29, 0.717) is 17.0 Å². The Kier molecular flexibility index (Phi) is 5.39. The van der Waals surface area contributed by atoms with E-state index < -0.39 is 0 Å². The van der Waals surface area contributed by atoms with Crippen LogP contribution in [0.3, 0.4) is 0 Å². The van der Waals surface area contributed by atoms with Gasteiger partial charge in [0, 0.05) is 16.9 Å². The summed E-state index contributed by atoms with van der Waals surface area (Å²) >= 11 is 1.51. The van der Waals surface area contributed by atoms with Crippen LogP contribution >= 0.6 is 11.9 Å². The van der Waals surface area contributed by atoms with Gasteiger partial charge in [-0.1, -0.05) is 59.8 Å². The van der Waals surface area contributed by atoms with Crippen molar-refractivity contribution in [1.82, 2.24) is 14.4 Å². The van der Waals surface area contributed by atoms with E-state index in [-0.39, 0.29) is 5.82 Å². The van der Waals surface area contributed by atoms with Gasteiger partial charge in [-0.05, 0) is 41.8 Å². The van der Waals surface area contributed by atoms with Gasteiger partial charge in [-0.25, -0.2) is 4.39 Å². The molecular weight excluding hydrogens is 373 g/mol. The average Bonchev–Trinajstić information content (AvgIpc) is 3.17. The zero-order chi connectivity index (χ0) is 19.3. The van der Waals surface area contributed by atoms with Gasteiger partial charge in [0.25, 0.3) is 0 Å². The lowest BCUT2D eigenvalue weighted by molar-refractivity contribution is 0.414. The van der Waals surface area contributed by atoms with E-state index in [1.165, 1.54) is 18.0 Å². The van der Waals surface area contributed by atoms with Gasteiger partial charge in [0.15, 0.2) is 0 Å². The smallest absolute Gasteiger partial charge is 0.132 e. The maximum Gasteiger partial charge on any atom is 0.132 e. The SMILES string of the molecule is COc1ccc(CSn2nnc(-c3ccccc3F)c2-c2ccccc2)cc1. The summed E-state index contributed by atoms with van der Waals surface area (Å²) in [4.78, 5) is 0. The molecule has 140 valence electrons. The summed E-state index contributed by atoms with van der Waals surface area (Å²) in [5, 5.41) is 8.59. The summed E-state index contributed by atoms with van der Waals surface area (Å²) < 4.78 is 21.4. The molecule has 4 aromatic rings. The summed E-state index contributed by atoms with van der Waals surface area (Å²) in [5.41, 5.74) is 3.83. The highest BCUT2D eigenvalue weighted by atomic mass is 32.2. The number of rotatable bonds is 6. The van der Waals surface area contributed by atoms with E-state index >= 15 is 0 Å². The van der Waals surface area contributed by atoms with Gasteiger partial charge < -0.3 is 4.74 Å². The van der Waals surface area contributed by atoms with E-state index in [4.69, 9.17) is 4.74 Å². The molecule has 0 aliphatic rings. The van der Waals surface area contributed by atoms with Crippen LogP contribution < -0.4 is 4.74 Å². The Morgan fingerprint density at radius 2 is 1.64 bits per heavy atom. The minimum absolute atomic E-state index is 0.313. The fourth-order valence-corrected chi connectivity index (χ4v) is 3.77. The Bertz CT molecular complexity index is 1060. The highest BCUT2D eigenvalue weighted by molar-refractivity contribution is 7.97. The Labute approximate surface area is 167 Å². The van der Waals surface area contributed by atoms with Gasteiger partial charge in [0.2, 0.25) is 0 Å². The fourth-order valence-electron chi connectivity index (χ4n) is 2.89. The number of methoxy groups -OCH3 is 1. The van der Waals surface area contributed by atoms with Crippen LogP contribution in [0.1, 0.15) is 5.56 Å². The van der Waals surface area contributed by atoms with Crippen LogP contribution in [0.2, 0.25) is 0 Å². The lowest BCUT2D eigenvalue weighted by Crippen LogP contribution is -1.96. The van der Waals surface area contributed by atoms with Gasteiger partial charge in [0.1, 0.15) is 23.0 Å². The summed E-state index contributed by atoms with van der Waals surface area (Å²) in [6.45, 7) is 0. The summed E-state index contributed by atoms with van der Waals surface area (Å²) in [6.07, 6.45) is 0. The maximum absolute atomic E-state index is 14.4. The molecular formula is C22H18FN3OS. The normalized spacial score (nSPS) is 10.8. The molecule has 6 heteroatoms. The molecule has 0 amide bonds. The largest absolute Gasteiger partial charge is 0.497 e. The van der Waals surface area contributed by atoms with Crippen molar-refractivity contribution in [2.24, 2.45) is 0 Å². The van der Waals surface area contributed by atoms with E-state index in [2.05, 4.69) is 10.3 Å². The first-order chi connectivity index (χ1) is 13.8. The molecule has 0 bridgehead atoms. The van der Waals surface area contributed by atoms with E-state index in [9.17, 15) is 4.39 Å². The second kappa shape index (κ2) is 8.27.